The van der Waals surface area contributed by atoms with Gasteiger partial charge in [0.2, 0.25) is 11.8 Å². The molecule has 0 aliphatic rings. The molecular formula is C30H32N4O2S2. The van der Waals surface area contributed by atoms with Gasteiger partial charge in [-0.1, -0.05) is 87.6 Å². The van der Waals surface area contributed by atoms with Crippen LogP contribution in [-0.4, -0.2) is 33.3 Å². The SMILES string of the molecule is CC(C)c1ccc(NC(=O)CSc2nc3ccccc3nc2SCC(=O)Nc2ccc(C(C)C)cc2)cc1. The molecular weight excluding hydrogens is 512 g/mol. The molecule has 1 aromatic heterocycles. The van der Waals surface area contributed by atoms with Gasteiger partial charge in [-0.3, -0.25) is 9.59 Å². The quantitative estimate of drug-likeness (QED) is 0.203. The fourth-order valence-corrected chi connectivity index (χ4v) is 5.42. The van der Waals surface area contributed by atoms with Gasteiger partial charge in [0.15, 0.2) is 0 Å². The van der Waals surface area contributed by atoms with Crippen molar-refractivity contribution in [1.29, 1.82) is 0 Å². The largest absolute Gasteiger partial charge is 0.325 e. The van der Waals surface area contributed by atoms with Gasteiger partial charge in [0.1, 0.15) is 10.1 Å². The third-order valence-electron chi connectivity index (χ3n) is 5.91. The van der Waals surface area contributed by atoms with Crippen molar-refractivity contribution in [2.24, 2.45) is 0 Å². The van der Waals surface area contributed by atoms with E-state index >= 15 is 0 Å². The second-order valence-corrected chi connectivity index (χ2v) is 11.5. The molecule has 38 heavy (non-hydrogen) atoms. The molecule has 0 aliphatic carbocycles. The summed E-state index contributed by atoms with van der Waals surface area (Å²) in [5.41, 5.74) is 5.47. The average Bonchev–Trinajstić information content (AvgIpc) is 2.91. The van der Waals surface area contributed by atoms with Gasteiger partial charge in [0, 0.05) is 11.4 Å². The average molecular weight is 545 g/mol. The summed E-state index contributed by atoms with van der Waals surface area (Å²) in [6, 6.07) is 23.4. The number of carbonyl (C=O) groups excluding carboxylic acids is 2. The molecule has 0 fully saturated rings. The van der Waals surface area contributed by atoms with E-state index in [1.165, 1.54) is 34.7 Å². The molecule has 0 spiro atoms. The van der Waals surface area contributed by atoms with Gasteiger partial charge in [-0.05, 0) is 59.4 Å². The molecule has 1 heterocycles. The maximum Gasteiger partial charge on any atom is 0.234 e. The van der Waals surface area contributed by atoms with Crippen LogP contribution in [-0.2, 0) is 9.59 Å². The number of rotatable bonds is 10. The Hall–Kier alpha value is -3.36. The Kier molecular flexibility index (Phi) is 9.42. The van der Waals surface area contributed by atoms with Crippen LogP contribution in [0.2, 0.25) is 0 Å². The molecule has 3 aromatic carbocycles. The third kappa shape index (κ3) is 7.58. The predicted molar refractivity (Wildman–Crippen MR) is 159 cm³/mol. The standard InChI is InChI=1S/C30H32N4O2S2/c1-19(2)21-9-13-23(14-10-21)31-27(35)17-37-29-30(34-26-8-6-5-7-25(26)33-29)38-18-28(36)32-24-15-11-22(12-16-24)20(3)4/h5-16,19-20H,17-18H2,1-4H3,(H,31,35)(H,32,36). The van der Waals surface area contributed by atoms with Crippen molar-refractivity contribution in [3.05, 3.63) is 83.9 Å². The Morgan fingerprint density at radius 1 is 0.632 bits per heavy atom. The first-order valence-corrected chi connectivity index (χ1v) is 14.6. The van der Waals surface area contributed by atoms with Crippen LogP contribution >= 0.6 is 23.5 Å². The normalized spacial score (nSPS) is 11.2. The third-order valence-corrected chi connectivity index (χ3v) is 7.97. The van der Waals surface area contributed by atoms with E-state index in [0.717, 1.165) is 22.4 Å². The minimum absolute atomic E-state index is 0.124. The molecule has 196 valence electrons. The van der Waals surface area contributed by atoms with Crippen LogP contribution in [0.15, 0.2) is 82.8 Å². The number of benzene rings is 3. The summed E-state index contributed by atoms with van der Waals surface area (Å²) in [4.78, 5) is 34.8. The van der Waals surface area contributed by atoms with Crippen LogP contribution in [0.5, 0.6) is 0 Å². The van der Waals surface area contributed by atoms with Gasteiger partial charge in [0.05, 0.1) is 22.5 Å². The zero-order chi connectivity index (χ0) is 27.1. The Bertz CT molecular complexity index is 1300. The van der Waals surface area contributed by atoms with E-state index in [-0.39, 0.29) is 23.3 Å². The molecule has 4 rings (SSSR count). The van der Waals surface area contributed by atoms with Gasteiger partial charge in [-0.15, -0.1) is 0 Å². The number of amides is 2. The lowest BCUT2D eigenvalue weighted by atomic mass is 10.0. The van der Waals surface area contributed by atoms with E-state index < -0.39 is 0 Å². The highest BCUT2D eigenvalue weighted by Crippen LogP contribution is 2.30. The topological polar surface area (TPSA) is 84.0 Å². The smallest absolute Gasteiger partial charge is 0.234 e. The van der Waals surface area contributed by atoms with Crippen molar-refractivity contribution >= 4 is 57.7 Å². The first kappa shape index (κ1) is 27.7. The summed E-state index contributed by atoms with van der Waals surface area (Å²) in [5.74, 6) is 0.985. The van der Waals surface area contributed by atoms with E-state index in [9.17, 15) is 9.59 Å². The number of carbonyl (C=O) groups is 2. The molecule has 8 heteroatoms. The monoisotopic (exact) mass is 544 g/mol. The fourth-order valence-electron chi connectivity index (χ4n) is 3.72. The number of fused-ring (bicyclic) bond motifs is 1. The maximum atomic E-state index is 12.7. The second-order valence-electron chi connectivity index (χ2n) is 9.55. The number of thioether (sulfide) groups is 2. The van der Waals surface area contributed by atoms with Crippen LogP contribution in [0.4, 0.5) is 11.4 Å². The molecule has 0 unspecified atom stereocenters. The molecule has 0 aliphatic heterocycles. The van der Waals surface area contributed by atoms with Crippen molar-refractivity contribution in [2.45, 2.75) is 49.6 Å². The van der Waals surface area contributed by atoms with E-state index in [4.69, 9.17) is 9.97 Å². The molecule has 0 saturated heterocycles. The summed E-state index contributed by atoms with van der Waals surface area (Å²) >= 11 is 2.64. The van der Waals surface area contributed by atoms with Crippen molar-refractivity contribution in [1.82, 2.24) is 9.97 Å². The molecule has 0 radical (unpaired) electrons. The minimum atomic E-state index is -0.124. The molecule has 0 atom stereocenters. The highest BCUT2D eigenvalue weighted by Gasteiger charge is 2.15. The van der Waals surface area contributed by atoms with Gasteiger partial charge in [0.25, 0.3) is 0 Å². The lowest BCUT2D eigenvalue weighted by Gasteiger charge is -2.11. The lowest BCUT2D eigenvalue weighted by molar-refractivity contribution is -0.114. The van der Waals surface area contributed by atoms with Crippen LogP contribution in [0.3, 0.4) is 0 Å². The lowest BCUT2D eigenvalue weighted by Crippen LogP contribution is -2.15. The molecule has 6 nitrogen and oxygen atoms in total. The van der Waals surface area contributed by atoms with Crippen LogP contribution < -0.4 is 10.6 Å². The van der Waals surface area contributed by atoms with Crippen LogP contribution in [0, 0.1) is 0 Å². The summed E-state index contributed by atoms with van der Waals surface area (Å²) in [7, 11) is 0. The van der Waals surface area contributed by atoms with Gasteiger partial charge >= 0.3 is 0 Å². The molecule has 4 aromatic rings. The molecule has 0 bridgehead atoms. The van der Waals surface area contributed by atoms with Gasteiger partial charge < -0.3 is 10.6 Å². The summed E-state index contributed by atoms with van der Waals surface area (Å²) in [6.07, 6.45) is 0. The minimum Gasteiger partial charge on any atom is -0.325 e. The molecule has 2 N–H and O–H groups in total. The summed E-state index contributed by atoms with van der Waals surface area (Å²) in [6.45, 7) is 8.55. The van der Waals surface area contributed by atoms with Gasteiger partial charge in [-0.2, -0.15) is 0 Å². The Morgan fingerprint density at radius 2 is 1.00 bits per heavy atom. The van der Waals surface area contributed by atoms with Crippen molar-refractivity contribution in [2.75, 3.05) is 22.1 Å². The Balaban J connectivity index is 1.40. The van der Waals surface area contributed by atoms with Crippen molar-refractivity contribution in [3.63, 3.8) is 0 Å². The highest BCUT2D eigenvalue weighted by atomic mass is 32.2. The van der Waals surface area contributed by atoms with Gasteiger partial charge in [-0.25, -0.2) is 9.97 Å². The first-order valence-electron chi connectivity index (χ1n) is 12.6. The zero-order valence-electron chi connectivity index (χ0n) is 22.0. The summed E-state index contributed by atoms with van der Waals surface area (Å²) < 4.78 is 0. The van der Waals surface area contributed by atoms with E-state index in [1.807, 2.05) is 72.8 Å². The van der Waals surface area contributed by atoms with Crippen molar-refractivity contribution in [3.8, 4) is 0 Å². The molecule has 2 amide bonds. The van der Waals surface area contributed by atoms with Crippen molar-refractivity contribution < 1.29 is 9.59 Å². The summed E-state index contributed by atoms with van der Waals surface area (Å²) in [5, 5.41) is 7.15. The number of aromatic nitrogens is 2. The number of nitrogens with one attached hydrogen (secondary N) is 2. The second kappa shape index (κ2) is 12.9. The van der Waals surface area contributed by atoms with E-state index in [0.29, 0.717) is 21.9 Å². The van der Waals surface area contributed by atoms with Crippen LogP contribution in [0.1, 0.15) is 50.7 Å². The van der Waals surface area contributed by atoms with Crippen LogP contribution in [0.25, 0.3) is 11.0 Å². The fraction of sp³-hybridized carbons (Fsp3) is 0.267. The van der Waals surface area contributed by atoms with E-state index in [2.05, 4.69) is 38.3 Å². The number of hydrogen-bond donors (Lipinski definition) is 2. The number of anilines is 2. The Morgan fingerprint density at radius 3 is 1.34 bits per heavy atom. The molecule has 0 saturated carbocycles. The number of hydrogen-bond acceptors (Lipinski definition) is 6. The number of nitrogens with zero attached hydrogens (tertiary/aromatic N) is 2. The predicted octanol–water partition coefficient (Wildman–Crippen LogP) is 7.34. The highest BCUT2D eigenvalue weighted by molar-refractivity contribution is 8.02. The zero-order valence-corrected chi connectivity index (χ0v) is 23.7. The van der Waals surface area contributed by atoms with E-state index in [1.54, 1.807) is 0 Å². The Labute approximate surface area is 232 Å². The maximum absolute atomic E-state index is 12.7. The number of para-hydroxylation sites is 2. The first-order chi connectivity index (χ1) is 18.3.